The van der Waals surface area contributed by atoms with Crippen molar-refractivity contribution in [3.05, 3.63) is 47.8 Å². The molecule has 0 saturated heterocycles. The Balaban J connectivity index is 1.32. The minimum atomic E-state index is -0.990. The van der Waals surface area contributed by atoms with Crippen molar-refractivity contribution in [2.45, 2.75) is 64.4 Å². The molecule has 5 unspecified atom stereocenters. The Morgan fingerprint density at radius 1 is 1.12 bits per heavy atom. The summed E-state index contributed by atoms with van der Waals surface area (Å²) in [6.07, 6.45) is 10.4. The van der Waals surface area contributed by atoms with Crippen LogP contribution in [0.3, 0.4) is 0 Å². The topological polar surface area (TPSA) is 88.2 Å². The quantitative estimate of drug-likeness (QED) is 0.705. The molecule has 0 radical (unpaired) electrons. The van der Waals surface area contributed by atoms with E-state index in [0.717, 1.165) is 37.8 Å². The van der Waals surface area contributed by atoms with E-state index in [2.05, 4.69) is 24.2 Å². The molecule has 1 aromatic carbocycles. The fourth-order valence-electron chi connectivity index (χ4n) is 8.21. The number of phenolic OH excluding ortho intramolecular Hbond substituents is 1. The number of allylic oxidation sites excluding steroid dienone is 1. The predicted octanol–water partition coefficient (Wildman–Crippen LogP) is 4.55. The number of aliphatic hydroxyl groups is 1. The summed E-state index contributed by atoms with van der Waals surface area (Å²) < 4.78 is 1.69. The van der Waals surface area contributed by atoms with Crippen molar-refractivity contribution in [1.82, 2.24) is 15.0 Å². The lowest BCUT2D eigenvalue weighted by Gasteiger charge is -2.57. The molecule has 6 nitrogen and oxygen atoms in total. The van der Waals surface area contributed by atoms with Crippen molar-refractivity contribution in [2.24, 2.45) is 35.0 Å². The highest BCUT2D eigenvalue weighted by atomic mass is 16.3. The van der Waals surface area contributed by atoms with Crippen LogP contribution in [0, 0.1) is 35.0 Å². The molecule has 2 N–H and O–H groups in total. The van der Waals surface area contributed by atoms with Crippen LogP contribution >= 0.6 is 0 Å². The average molecular weight is 448 g/mol. The number of benzene rings is 1. The van der Waals surface area contributed by atoms with Gasteiger partial charge in [-0.1, -0.05) is 24.6 Å². The standard InChI is InChI=1S/C27H33N3O3/c1-16-13-17-14-20(32)7-8-21(17)22-9-11-26(2)23(25(16)22)10-12-27(26,33)24-15-30(29-28-24)18-3-5-19(31)6-4-18/h3-6,14-16,21-23,25,31,33H,7-13H2,1-2H3/t16?,21?,22?,23?,25?,26-,27+/m0/s1. The third-order valence-corrected chi connectivity index (χ3v) is 9.82. The lowest BCUT2D eigenvalue weighted by Crippen LogP contribution is -2.53. The van der Waals surface area contributed by atoms with Gasteiger partial charge in [-0.05, 0) is 98.5 Å². The van der Waals surface area contributed by atoms with Crippen molar-refractivity contribution >= 4 is 5.78 Å². The predicted molar refractivity (Wildman–Crippen MR) is 124 cm³/mol. The van der Waals surface area contributed by atoms with Crippen LogP contribution in [0.25, 0.3) is 5.69 Å². The monoisotopic (exact) mass is 447 g/mol. The molecule has 0 amide bonds. The zero-order valence-electron chi connectivity index (χ0n) is 19.4. The maximum atomic E-state index is 12.2. The molecular formula is C27H33N3O3. The van der Waals surface area contributed by atoms with Crippen molar-refractivity contribution < 1.29 is 15.0 Å². The van der Waals surface area contributed by atoms with Gasteiger partial charge in [0.15, 0.2) is 5.78 Å². The minimum absolute atomic E-state index is 0.211. The average Bonchev–Trinajstić information content (AvgIpc) is 3.38. The first-order chi connectivity index (χ1) is 15.8. The lowest BCUT2D eigenvalue weighted by molar-refractivity contribution is -0.134. The second-order valence-electron chi connectivity index (χ2n) is 11.3. The van der Waals surface area contributed by atoms with Crippen LogP contribution in [0.1, 0.15) is 64.5 Å². The second-order valence-corrected chi connectivity index (χ2v) is 11.3. The van der Waals surface area contributed by atoms with E-state index in [1.807, 2.05) is 12.3 Å². The largest absolute Gasteiger partial charge is 0.508 e. The molecular weight excluding hydrogens is 414 g/mol. The molecule has 33 heavy (non-hydrogen) atoms. The number of carbonyl (C=O) groups is 1. The van der Waals surface area contributed by atoms with E-state index in [1.165, 1.54) is 5.57 Å². The van der Waals surface area contributed by atoms with Gasteiger partial charge in [0.05, 0.1) is 11.9 Å². The highest BCUT2D eigenvalue weighted by molar-refractivity contribution is 5.91. The summed E-state index contributed by atoms with van der Waals surface area (Å²) in [6, 6.07) is 6.86. The molecule has 1 heterocycles. The number of ketones is 1. The van der Waals surface area contributed by atoms with Gasteiger partial charge in [0.25, 0.3) is 0 Å². The number of phenols is 1. The van der Waals surface area contributed by atoms with E-state index in [1.54, 1.807) is 28.9 Å². The summed E-state index contributed by atoms with van der Waals surface area (Å²) in [6.45, 7) is 4.64. The van der Waals surface area contributed by atoms with E-state index >= 15 is 0 Å². The fourth-order valence-corrected chi connectivity index (χ4v) is 8.21. The summed E-state index contributed by atoms with van der Waals surface area (Å²) in [5.41, 5.74) is 1.64. The Hall–Kier alpha value is -2.47. The van der Waals surface area contributed by atoms with Crippen LogP contribution < -0.4 is 0 Å². The first kappa shape index (κ1) is 21.1. The Kier molecular flexibility index (Phi) is 4.64. The minimum Gasteiger partial charge on any atom is -0.508 e. The molecule has 1 aromatic heterocycles. The summed E-state index contributed by atoms with van der Waals surface area (Å²) in [5, 5.41) is 30.5. The Labute approximate surface area is 194 Å². The summed E-state index contributed by atoms with van der Waals surface area (Å²) in [4.78, 5) is 12.0. The molecule has 3 fully saturated rings. The summed E-state index contributed by atoms with van der Waals surface area (Å²) in [7, 11) is 0. The molecule has 3 saturated carbocycles. The lowest BCUT2D eigenvalue weighted by atomic mass is 9.48. The van der Waals surface area contributed by atoms with Crippen LogP contribution in [-0.4, -0.2) is 31.0 Å². The molecule has 4 aliphatic carbocycles. The van der Waals surface area contributed by atoms with Gasteiger partial charge in [-0.2, -0.15) is 0 Å². The molecule has 6 heteroatoms. The third kappa shape index (κ3) is 2.99. The molecule has 0 bridgehead atoms. The van der Waals surface area contributed by atoms with Crippen LogP contribution in [-0.2, 0) is 10.4 Å². The Morgan fingerprint density at radius 3 is 2.70 bits per heavy atom. The number of rotatable bonds is 2. The molecule has 174 valence electrons. The molecule has 0 aliphatic heterocycles. The van der Waals surface area contributed by atoms with Gasteiger partial charge in [0, 0.05) is 11.8 Å². The zero-order valence-corrected chi connectivity index (χ0v) is 19.4. The molecule has 4 aliphatic rings. The van der Waals surface area contributed by atoms with Gasteiger partial charge in [-0.25, -0.2) is 4.68 Å². The second kappa shape index (κ2) is 7.26. The van der Waals surface area contributed by atoms with Gasteiger partial charge < -0.3 is 10.2 Å². The Bertz CT molecular complexity index is 1120. The van der Waals surface area contributed by atoms with Gasteiger partial charge in [0.2, 0.25) is 0 Å². The highest BCUT2D eigenvalue weighted by Crippen LogP contribution is 2.68. The number of fused-ring (bicyclic) bond motifs is 5. The van der Waals surface area contributed by atoms with Crippen molar-refractivity contribution in [1.29, 1.82) is 0 Å². The van der Waals surface area contributed by atoms with E-state index in [-0.39, 0.29) is 11.2 Å². The van der Waals surface area contributed by atoms with Crippen LogP contribution in [0.4, 0.5) is 0 Å². The van der Waals surface area contributed by atoms with Crippen LogP contribution in [0.5, 0.6) is 5.75 Å². The number of aromatic nitrogens is 3. The number of carbonyl (C=O) groups excluding carboxylic acids is 1. The van der Waals surface area contributed by atoms with E-state index < -0.39 is 5.60 Å². The van der Waals surface area contributed by atoms with Gasteiger partial charge >= 0.3 is 0 Å². The highest BCUT2D eigenvalue weighted by Gasteiger charge is 2.64. The summed E-state index contributed by atoms with van der Waals surface area (Å²) in [5.74, 6) is 3.26. The van der Waals surface area contributed by atoms with Gasteiger partial charge in [-0.15, -0.1) is 5.10 Å². The number of hydrogen-bond acceptors (Lipinski definition) is 5. The molecule has 6 rings (SSSR count). The normalized spacial score (nSPS) is 40.0. The number of nitrogens with zero attached hydrogens (tertiary/aromatic N) is 3. The maximum Gasteiger partial charge on any atom is 0.155 e. The number of aromatic hydroxyl groups is 1. The first-order valence-corrected chi connectivity index (χ1v) is 12.5. The Morgan fingerprint density at radius 2 is 1.91 bits per heavy atom. The van der Waals surface area contributed by atoms with Crippen molar-refractivity contribution in [3.63, 3.8) is 0 Å². The van der Waals surface area contributed by atoms with Crippen LogP contribution in [0.2, 0.25) is 0 Å². The SMILES string of the molecule is CC1CC2=CC(=O)CCC2C2CC[C@@]3(C)C(CC[C@@]3(O)c3cn(-c4ccc(O)cc4)nn3)C12. The van der Waals surface area contributed by atoms with E-state index in [0.29, 0.717) is 53.9 Å². The first-order valence-electron chi connectivity index (χ1n) is 12.5. The smallest absolute Gasteiger partial charge is 0.155 e. The third-order valence-electron chi connectivity index (χ3n) is 9.82. The van der Waals surface area contributed by atoms with Gasteiger partial charge in [-0.3, -0.25) is 4.79 Å². The van der Waals surface area contributed by atoms with E-state index in [9.17, 15) is 15.0 Å². The number of hydrogen-bond donors (Lipinski definition) is 2. The fraction of sp³-hybridized carbons (Fsp3) is 0.593. The molecule has 2 aromatic rings. The van der Waals surface area contributed by atoms with E-state index in [4.69, 9.17) is 0 Å². The zero-order chi connectivity index (χ0) is 23.0. The van der Waals surface area contributed by atoms with Crippen LogP contribution in [0.15, 0.2) is 42.1 Å². The van der Waals surface area contributed by atoms with Gasteiger partial charge in [0.1, 0.15) is 17.0 Å². The van der Waals surface area contributed by atoms with Crippen molar-refractivity contribution in [2.75, 3.05) is 0 Å². The molecule has 7 atom stereocenters. The molecule has 0 spiro atoms. The maximum absolute atomic E-state index is 12.2. The van der Waals surface area contributed by atoms with Crippen molar-refractivity contribution in [3.8, 4) is 11.4 Å². The summed E-state index contributed by atoms with van der Waals surface area (Å²) >= 11 is 0.